The maximum absolute atomic E-state index is 5.69. The van der Waals surface area contributed by atoms with Gasteiger partial charge in [0.25, 0.3) is 0 Å². The molecule has 0 amide bonds. The number of nitrogens with one attached hydrogen (secondary N) is 1. The van der Waals surface area contributed by atoms with E-state index in [1.165, 1.54) is 16.7 Å². The molecular weight excluding hydrogens is 222 g/mol. The Morgan fingerprint density at radius 3 is 2.33 bits per heavy atom. The molecule has 0 spiro atoms. The molecule has 0 saturated heterocycles. The zero-order valence-corrected chi connectivity index (χ0v) is 12.1. The molecule has 0 aliphatic rings. The second kappa shape index (κ2) is 7.08. The lowest BCUT2D eigenvalue weighted by molar-refractivity contribution is 0.364. The highest BCUT2D eigenvalue weighted by Gasteiger charge is 2.06. The van der Waals surface area contributed by atoms with Gasteiger partial charge in [0.05, 0.1) is 0 Å². The van der Waals surface area contributed by atoms with E-state index in [0.717, 1.165) is 12.3 Å². The zero-order valence-electron chi connectivity index (χ0n) is 12.1. The Morgan fingerprint density at radius 2 is 1.83 bits per heavy atom. The van der Waals surface area contributed by atoms with E-state index in [2.05, 4.69) is 57.0 Å². The molecule has 1 aromatic carbocycles. The van der Waals surface area contributed by atoms with E-state index in [4.69, 9.17) is 4.74 Å². The second-order valence-electron chi connectivity index (χ2n) is 4.81. The lowest BCUT2D eigenvalue weighted by Gasteiger charge is -2.14. The first-order chi connectivity index (χ1) is 8.54. The van der Waals surface area contributed by atoms with E-state index < -0.39 is 0 Å². The standard InChI is InChI=1S/C16H23NO/c1-6-7-8-18-16-13(4)9-15(10-14(16)5)11-17-12(2)3/h9-10,12,17H,8,11H2,1-5H3. The van der Waals surface area contributed by atoms with Gasteiger partial charge in [0.15, 0.2) is 0 Å². The van der Waals surface area contributed by atoms with Gasteiger partial charge in [0, 0.05) is 12.6 Å². The Bertz CT molecular complexity index is 429. The molecule has 0 fully saturated rings. The largest absolute Gasteiger partial charge is 0.480 e. The maximum atomic E-state index is 5.69. The SMILES string of the molecule is CC#CCOc1c(C)cc(CNC(C)C)cc1C. The number of ether oxygens (including phenoxy) is 1. The topological polar surface area (TPSA) is 21.3 Å². The highest BCUT2D eigenvalue weighted by molar-refractivity contribution is 5.43. The monoisotopic (exact) mass is 245 g/mol. The minimum atomic E-state index is 0.460. The fourth-order valence-corrected chi connectivity index (χ4v) is 1.87. The van der Waals surface area contributed by atoms with Crippen LogP contribution in [0.15, 0.2) is 12.1 Å². The van der Waals surface area contributed by atoms with E-state index in [1.54, 1.807) is 0 Å². The molecule has 2 heteroatoms. The van der Waals surface area contributed by atoms with E-state index >= 15 is 0 Å². The molecule has 1 aromatic rings. The molecule has 0 heterocycles. The third-order valence-corrected chi connectivity index (χ3v) is 2.70. The summed E-state index contributed by atoms with van der Waals surface area (Å²) in [6.07, 6.45) is 0. The van der Waals surface area contributed by atoms with Gasteiger partial charge in [-0.1, -0.05) is 31.9 Å². The highest BCUT2D eigenvalue weighted by atomic mass is 16.5. The Balaban J connectivity index is 2.79. The first kappa shape index (κ1) is 14.6. The van der Waals surface area contributed by atoms with Crippen LogP contribution in [0.1, 0.15) is 37.5 Å². The predicted molar refractivity (Wildman–Crippen MR) is 76.8 cm³/mol. The van der Waals surface area contributed by atoms with E-state index in [9.17, 15) is 0 Å². The normalized spacial score (nSPS) is 10.1. The van der Waals surface area contributed by atoms with Crippen LogP contribution in [0, 0.1) is 25.7 Å². The van der Waals surface area contributed by atoms with Crippen molar-refractivity contribution in [1.82, 2.24) is 5.32 Å². The fourth-order valence-electron chi connectivity index (χ4n) is 1.87. The highest BCUT2D eigenvalue weighted by Crippen LogP contribution is 2.24. The Morgan fingerprint density at radius 1 is 1.22 bits per heavy atom. The van der Waals surface area contributed by atoms with E-state index in [0.29, 0.717) is 12.6 Å². The average molecular weight is 245 g/mol. The van der Waals surface area contributed by atoms with Crippen molar-refractivity contribution in [2.45, 2.75) is 47.2 Å². The van der Waals surface area contributed by atoms with Gasteiger partial charge < -0.3 is 10.1 Å². The quantitative estimate of drug-likeness (QED) is 0.804. The Hall–Kier alpha value is -1.46. The summed E-state index contributed by atoms with van der Waals surface area (Å²) in [5.41, 5.74) is 3.65. The lowest BCUT2D eigenvalue weighted by Crippen LogP contribution is -2.21. The number of aryl methyl sites for hydroxylation is 2. The van der Waals surface area contributed by atoms with Gasteiger partial charge in [0.1, 0.15) is 12.4 Å². The third-order valence-electron chi connectivity index (χ3n) is 2.70. The van der Waals surface area contributed by atoms with Crippen LogP contribution < -0.4 is 10.1 Å². The number of hydrogen-bond acceptors (Lipinski definition) is 2. The van der Waals surface area contributed by atoms with E-state index in [-0.39, 0.29) is 0 Å². The van der Waals surface area contributed by atoms with Crippen LogP contribution >= 0.6 is 0 Å². The molecule has 0 saturated carbocycles. The summed E-state index contributed by atoms with van der Waals surface area (Å²) in [7, 11) is 0. The molecule has 0 aromatic heterocycles. The lowest BCUT2D eigenvalue weighted by atomic mass is 10.1. The van der Waals surface area contributed by atoms with Crippen LogP contribution in [0.25, 0.3) is 0 Å². The summed E-state index contributed by atoms with van der Waals surface area (Å²) < 4.78 is 5.69. The van der Waals surface area contributed by atoms with E-state index in [1.807, 2.05) is 6.92 Å². The van der Waals surface area contributed by atoms with Crippen molar-refractivity contribution < 1.29 is 4.74 Å². The van der Waals surface area contributed by atoms with Gasteiger partial charge in [0.2, 0.25) is 0 Å². The van der Waals surface area contributed by atoms with Gasteiger partial charge in [-0.2, -0.15) is 0 Å². The molecule has 98 valence electrons. The van der Waals surface area contributed by atoms with Gasteiger partial charge in [-0.25, -0.2) is 0 Å². The van der Waals surface area contributed by atoms with Crippen molar-refractivity contribution >= 4 is 0 Å². The molecule has 1 rings (SSSR count). The summed E-state index contributed by atoms with van der Waals surface area (Å²) in [6.45, 7) is 11.7. The van der Waals surface area contributed by atoms with Gasteiger partial charge in [-0.3, -0.25) is 0 Å². The summed E-state index contributed by atoms with van der Waals surface area (Å²) in [5, 5.41) is 3.42. The van der Waals surface area contributed by atoms with Crippen molar-refractivity contribution in [2.24, 2.45) is 0 Å². The van der Waals surface area contributed by atoms with Gasteiger partial charge >= 0.3 is 0 Å². The molecule has 0 radical (unpaired) electrons. The van der Waals surface area contributed by atoms with Crippen LogP contribution in [0.3, 0.4) is 0 Å². The van der Waals surface area contributed by atoms with Gasteiger partial charge in [-0.05, 0) is 37.5 Å². The van der Waals surface area contributed by atoms with Crippen molar-refractivity contribution in [3.63, 3.8) is 0 Å². The average Bonchev–Trinajstić information content (AvgIpc) is 2.30. The first-order valence-corrected chi connectivity index (χ1v) is 6.40. The second-order valence-corrected chi connectivity index (χ2v) is 4.81. The summed E-state index contributed by atoms with van der Waals surface area (Å²) in [5.74, 6) is 6.72. The molecular formula is C16H23NO. The number of rotatable bonds is 5. The maximum Gasteiger partial charge on any atom is 0.149 e. The minimum Gasteiger partial charge on any atom is -0.480 e. The first-order valence-electron chi connectivity index (χ1n) is 6.40. The smallest absolute Gasteiger partial charge is 0.149 e. The molecule has 0 aliphatic heterocycles. The third kappa shape index (κ3) is 4.43. The fraction of sp³-hybridized carbons (Fsp3) is 0.500. The summed E-state index contributed by atoms with van der Waals surface area (Å²) in [6, 6.07) is 4.86. The molecule has 0 unspecified atom stereocenters. The van der Waals surface area contributed by atoms with Crippen molar-refractivity contribution in [1.29, 1.82) is 0 Å². The van der Waals surface area contributed by atoms with Crippen LogP contribution in [-0.4, -0.2) is 12.6 Å². The number of benzene rings is 1. The van der Waals surface area contributed by atoms with Crippen LogP contribution in [0.2, 0.25) is 0 Å². The summed E-state index contributed by atoms with van der Waals surface area (Å²) in [4.78, 5) is 0. The molecule has 0 bridgehead atoms. The Kier molecular flexibility index (Phi) is 5.74. The molecule has 2 nitrogen and oxygen atoms in total. The molecule has 0 atom stereocenters. The summed E-state index contributed by atoms with van der Waals surface area (Å²) >= 11 is 0. The van der Waals surface area contributed by atoms with Crippen molar-refractivity contribution in [3.8, 4) is 17.6 Å². The van der Waals surface area contributed by atoms with Crippen molar-refractivity contribution in [3.05, 3.63) is 28.8 Å². The zero-order chi connectivity index (χ0) is 13.5. The van der Waals surface area contributed by atoms with Crippen LogP contribution in [0.5, 0.6) is 5.75 Å². The van der Waals surface area contributed by atoms with Gasteiger partial charge in [-0.15, -0.1) is 5.92 Å². The minimum absolute atomic E-state index is 0.460. The van der Waals surface area contributed by atoms with Crippen LogP contribution in [0.4, 0.5) is 0 Å². The van der Waals surface area contributed by atoms with Crippen molar-refractivity contribution in [2.75, 3.05) is 6.61 Å². The number of hydrogen-bond donors (Lipinski definition) is 1. The molecule has 1 N–H and O–H groups in total. The molecule has 18 heavy (non-hydrogen) atoms. The molecule has 0 aliphatic carbocycles. The Labute approximate surface area is 111 Å². The van der Waals surface area contributed by atoms with Crippen LogP contribution in [-0.2, 0) is 6.54 Å². The predicted octanol–water partition coefficient (Wildman–Crippen LogP) is 3.20.